The summed E-state index contributed by atoms with van der Waals surface area (Å²) in [6.07, 6.45) is 1.01. The van der Waals surface area contributed by atoms with Crippen LogP contribution in [0.15, 0.2) is 24.3 Å². The Morgan fingerprint density at radius 3 is 2.86 bits per heavy atom. The average Bonchev–Trinajstić information content (AvgIpc) is 2.84. The number of aromatic nitrogens is 2. The number of ether oxygens (including phenoxy) is 1. The molecule has 0 bridgehead atoms. The summed E-state index contributed by atoms with van der Waals surface area (Å²) in [6.45, 7) is 4.70. The lowest BCUT2D eigenvalue weighted by molar-refractivity contribution is 0.0600. The van der Waals surface area contributed by atoms with Crippen LogP contribution in [0.2, 0.25) is 0 Å². The highest BCUT2D eigenvalue weighted by molar-refractivity contribution is 5.89. The van der Waals surface area contributed by atoms with E-state index in [0.29, 0.717) is 5.56 Å². The summed E-state index contributed by atoms with van der Waals surface area (Å²) in [5.74, 6) is -0.306. The number of esters is 1. The van der Waals surface area contributed by atoms with Crippen LogP contribution >= 0.6 is 0 Å². The van der Waals surface area contributed by atoms with Gasteiger partial charge >= 0.3 is 5.97 Å². The molecule has 5 heteroatoms. The fourth-order valence-corrected chi connectivity index (χ4v) is 2.76. The minimum Gasteiger partial charge on any atom is -0.465 e. The van der Waals surface area contributed by atoms with E-state index in [4.69, 9.17) is 4.74 Å². The number of hydrogen-bond donors (Lipinski definition) is 1. The molecule has 5 nitrogen and oxygen atoms in total. The summed E-state index contributed by atoms with van der Waals surface area (Å²) in [6, 6.07) is 7.50. The molecular formula is C16H19N3O2. The number of carbonyl (C=O) groups is 1. The van der Waals surface area contributed by atoms with Gasteiger partial charge in [-0.1, -0.05) is 12.1 Å². The van der Waals surface area contributed by atoms with Crippen molar-refractivity contribution in [1.82, 2.24) is 15.1 Å². The lowest BCUT2D eigenvalue weighted by Crippen LogP contribution is -2.25. The molecule has 1 aromatic heterocycles. The van der Waals surface area contributed by atoms with Crippen molar-refractivity contribution in [2.75, 3.05) is 13.7 Å². The van der Waals surface area contributed by atoms with Gasteiger partial charge in [0.15, 0.2) is 0 Å². The summed E-state index contributed by atoms with van der Waals surface area (Å²) < 4.78 is 6.79. The van der Waals surface area contributed by atoms with Crippen molar-refractivity contribution in [1.29, 1.82) is 0 Å². The molecule has 1 aliphatic heterocycles. The van der Waals surface area contributed by atoms with Crippen LogP contribution in [0.3, 0.4) is 0 Å². The van der Waals surface area contributed by atoms with Crippen LogP contribution < -0.4 is 5.32 Å². The van der Waals surface area contributed by atoms with E-state index in [0.717, 1.165) is 37.3 Å². The van der Waals surface area contributed by atoms with Crippen LogP contribution in [-0.2, 0) is 24.2 Å². The molecular weight excluding hydrogens is 266 g/mol. The van der Waals surface area contributed by atoms with Crippen molar-refractivity contribution in [3.63, 3.8) is 0 Å². The monoisotopic (exact) mass is 285 g/mol. The van der Waals surface area contributed by atoms with Crippen molar-refractivity contribution < 1.29 is 9.53 Å². The van der Waals surface area contributed by atoms with Crippen LogP contribution in [0.25, 0.3) is 0 Å². The highest BCUT2D eigenvalue weighted by Gasteiger charge is 2.18. The highest BCUT2D eigenvalue weighted by Crippen LogP contribution is 2.19. The Hall–Kier alpha value is -2.14. The molecule has 0 saturated carbocycles. The first-order valence-electron chi connectivity index (χ1n) is 7.12. The minimum absolute atomic E-state index is 0.306. The summed E-state index contributed by atoms with van der Waals surface area (Å²) in [5.41, 5.74) is 5.45. The Kier molecular flexibility index (Phi) is 3.75. The number of aryl methyl sites for hydroxylation is 1. The Balaban J connectivity index is 1.82. The fraction of sp³-hybridized carbons (Fsp3) is 0.375. The maximum atomic E-state index is 11.4. The maximum absolute atomic E-state index is 11.4. The van der Waals surface area contributed by atoms with Crippen molar-refractivity contribution in [3.8, 4) is 0 Å². The number of methoxy groups -OCH3 is 1. The second-order valence-electron chi connectivity index (χ2n) is 5.28. The van der Waals surface area contributed by atoms with E-state index in [1.807, 2.05) is 12.1 Å². The van der Waals surface area contributed by atoms with Crippen molar-refractivity contribution >= 4 is 5.97 Å². The number of benzene rings is 1. The van der Waals surface area contributed by atoms with Gasteiger partial charge in [-0.25, -0.2) is 4.79 Å². The predicted molar refractivity (Wildman–Crippen MR) is 79.3 cm³/mol. The van der Waals surface area contributed by atoms with E-state index >= 15 is 0 Å². The molecule has 1 aliphatic rings. The van der Waals surface area contributed by atoms with Gasteiger partial charge in [0.05, 0.1) is 24.9 Å². The quantitative estimate of drug-likeness (QED) is 0.872. The molecule has 110 valence electrons. The summed E-state index contributed by atoms with van der Waals surface area (Å²) >= 11 is 0. The maximum Gasteiger partial charge on any atom is 0.337 e. The van der Waals surface area contributed by atoms with E-state index in [1.165, 1.54) is 18.4 Å². The standard InChI is InChI=1S/C16H19N3O2/c1-11-14-9-17-8-7-15(14)19(18-11)10-12-3-5-13(6-4-12)16(20)21-2/h3-6,17H,7-10H2,1-2H3. The molecule has 0 aliphatic carbocycles. The zero-order valence-corrected chi connectivity index (χ0v) is 12.3. The molecule has 0 radical (unpaired) electrons. The zero-order valence-electron chi connectivity index (χ0n) is 12.3. The SMILES string of the molecule is COC(=O)c1ccc(Cn2nc(C)c3c2CCNC3)cc1. The molecule has 1 aromatic carbocycles. The Labute approximate surface area is 123 Å². The van der Waals surface area contributed by atoms with E-state index in [1.54, 1.807) is 12.1 Å². The van der Waals surface area contributed by atoms with Gasteiger partial charge in [-0.2, -0.15) is 5.10 Å². The van der Waals surface area contributed by atoms with Crippen molar-refractivity contribution in [2.45, 2.75) is 26.4 Å². The van der Waals surface area contributed by atoms with Gasteiger partial charge in [-0.05, 0) is 24.6 Å². The van der Waals surface area contributed by atoms with Gasteiger partial charge in [0.25, 0.3) is 0 Å². The third-order valence-electron chi connectivity index (χ3n) is 3.92. The normalized spacial score (nSPS) is 13.8. The number of rotatable bonds is 3. The molecule has 0 amide bonds. The van der Waals surface area contributed by atoms with Crippen LogP contribution in [0, 0.1) is 6.92 Å². The molecule has 1 N–H and O–H groups in total. The second kappa shape index (κ2) is 5.69. The number of nitrogens with zero attached hydrogens (tertiary/aromatic N) is 2. The minimum atomic E-state index is -0.306. The fourth-order valence-electron chi connectivity index (χ4n) is 2.76. The van der Waals surface area contributed by atoms with Gasteiger partial charge in [0.1, 0.15) is 0 Å². The number of fused-ring (bicyclic) bond motifs is 1. The molecule has 0 saturated heterocycles. The Morgan fingerprint density at radius 1 is 1.38 bits per heavy atom. The first-order chi connectivity index (χ1) is 10.2. The molecule has 0 atom stereocenters. The van der Waals surface area contributed by atoms with E-state index in [9.17, 15) is 4.79 Å². The van der Waals surface area contributed by atoms with E-state index in [-0.39, 0.29) is 5.97 Å². The summed E-state index contributed by atoms with van der Waals surface area (Å²) in [7, 11) is 1.39. The largest absolute Gasteiger partial charge is 0.465 e. The smallest absolute Gasteiger partial charge is 0.337 e. The molecule has 21 heavy (non-hydrogen) atoms. The lowest BCUT2D eigenvalue weighted by Gasteiger charge is -2.15. The molecule has 0 fully saturated rings. The Morgan fingerprint density at radius 2 is 2.14 bits per heavy atom. The summed E-state index contributed by atoms with van der Waals surface area (Å²) in [4.78, 5) is 11.4. The molecule has 0 unspecified atom stereocenters. The van der Waals surface area contributed by atoms with Crippen LogP contribution in [0.1, 0.15) is 32.9 Å². The van der Waals surface area contributed by atoms with Crippen LogP contribution in [0.4, 0.5) is 0 Å². The highest BCUT2D eigenvalue weighted by atomic mass is 16.5. The lowest BCUT2D eigenvalue weighted by atomic mass is 10.1. The topological polar surface area (TPSA) is 56.2 Å². The Bertz CT molecular complexity index is 659. The molecule has 3 rings (SSSR count). The van der Waals surface area contributed by atoms with Crippen LogP contribution in [-0.4, -0.2) is 29.4 Å². The van der Waals surface area contributed by atoms with Gasteiger partial charge in [-0.3, -0.25) is 4.68 Å². The van der Waals surface area contributed by atoms with Gasteiger partial charge in [0, 0.05) is 30.8 Å². The predicted octanol–water partition coefficient (Wildman–Crippen LogP) is 1.67. The summed E-state index contributed by atoms with van der Waals surface area (Å²) in [5, 5.41) is 8.03. The molecule has 2 aromatic rings. The second-order valence-corrected chi connectivity index (χ2v) is 5.28. The third-order valence-corrected chi connectivity index (χ3v) is 3.92. The number of carbonyl (C=O) groups excluding carboxylic acids is 1. The molecule has 2 heterocycles. The number of nitrogens with one attached hydrogen (secondary N) is 1. The molecule has 0 spiro atoms. The van der Waals surface area contributed by atoms with Crippen LogP contribution in [0.5, 0.6) is 0 Å². The number of hydrogen-bond acceptors (Lipinski definition) is 4. The van der Waals surface area contributed by atoms with Gasteiger partial charge in [-0.15, -0.1) is 0 Å². The van der Waals surface area contributed by atoms with E-state index < -0.39 is 0 Å². The zero-order chi connectivity index (χ0) is 14.8. The van der Waals surface area contributed by atoms with Gasteiger partial charge < -0.3 is 10.1 Å². The third kappa shape index (κ3) is 2.69. The first kappa shape index (κ1) is 13.8. The first-order valence-corrected chi connectivity index (χ1v) is 7.12. The average molecular weight is 285 g/mol. The van der Waals surface area contributed by atoms with Crippen molar-refractivity contribution in [2.24, 2.45) is 0 Å². The van der Waals surface area contributed by atoms with Crippen molar-refractivity contribution in [3.05, 3.63) is 52.3 Å². The van der Waals surface area contributed by atoms with E-state index in [2.05, 4.69) is 22.0 Å². The van der Waals surface area contributed by atoms with Gasteiger partial charge in [0.2, 0.25) is 0 Å².